The summed E-state index contributed by atoms with van der Waals surface area (Å²) >= 11 is 0. The number of aromatic hydroxyl groups is 4. The number of hydrogen-bond acceptors (Lipinski definition) is 6. The summed E-state index contributed by atoms with van der Waals surface area (Å²) in [6.07, 6.45) is 4.00. The van der Waals surface area contributed by atoms with E-state index in [1.54, 1.807) is 6.92 Å². The van der Waals surface area contributed by atoms with Gasteiger partial charge in [0.1, 0.15) is 0 Å². The Hall–Kier alpha value is -9.78. The minimum atomic E-state index is -0.743. The minimum absolute atomic E-state index is 0.267. The van der Waals surface area contributed by atoms with E-state index < -0.39 is 23.0 Å². The average molecular weight is 1030 g/mol. The summed E-state index contributed by atoms with van der Waals surface area (Å²) in [7, 11) is 2.06. The number of phenols is 4. The second kappa shape index (κ2) is 20.6. The second-order valence-corrected chi connectivity index (χ2v) is 21.2. The highest BCUT2D eigenvalue weighted by Gasteiger charge is 2.51. The Labute approximate surface area is 463 Å². The van der Waals surface area contributed by atoms with Gasteiger partial charge in [0.2, 0.25) is 11.5 Å². The SMILES string of the molecule is C=CC1=C(C=C)C2(c3ccccc31)c1ccccc1-c1ccccc12.Cc1c(O)c(O)c(O)c(O)c1-c1ccc(-c2ccc(N(C)c3ccc(-c4ccc(N(c5ccccc5)c5ccccc5)cc4)cc3)cc2)c(C(C)(C)C)c1. The fraction of sp³-hybridized carbons (Fsp3) is 0.0959. The second-order valence-electron chi connectivity index (χ2n) is 21.2. The van der Waals surface area contributed by atoms with Gasteiger partial charge in [0.25, 0.3) is 0 Å². The Kier molecular flexibility index (Phi) is 13.4. The predicted octanol–water partition coefficient (Wildman–Crippen LogP) is 18.5. The van der Waals surface area contributed by atoms with Crippen molar-refractivity contribution < 1.29 is 20.4 Å². The van der Waals surface area contributed by atoms with Crippen LogP contribution in [0.1, 0.15) is 54.2 Å². The van der Waals surface area contributed by atoms with Crippen molar-refractivity contribution in [2.45, 2.75) is 38.5 Å². The van der Waals surface area contributed by atoms with Crippen molar-refractivity contribution in [2.75, 3.05) is 16.8 Å². The molecular formula is C73H62N2O4. The summed E-state index contributed by atoms with van der Waals surface area (Å²) in [4.78, 5) is 4.42. The number of phenolic OH excluding ortho intramolecular Hbond substituents is 4. The highest BCUT2D eigenvalue weighted by atomic mass is 16.3. The molecule has 0 unspecified atom stereocenters. The van der Waals surface area contributed by atoms with E-state index in [0.29, 0.717) is 5.56 Å². The van der Waals surface area contributed by atoms with E-state index in [0.717, 1.165) is 56.3 Å². The van der Waals surface area contributed by atoms with Crippen LogP contribution in [0.25, 0.3) is 50.1 Å². The van der Waals surface area contributed by atoms with Crippen LogP contribution in [0.5, 0.6) is 23.0 Å². The van der Waals surface area contributed by atoms with Crippen LogP contribution in [0.2, 0.25) is 0 Å². The number of anilines is 5. The van der Waals surface area contributed by atoms with Crippen LogP contribution in [-0.4, -0.2) is 27.5 Å². The molecule has 10 aromatic rings. The topological polar surface area (TPSA) is 87.4 Å². The molecule has 6 heteroatoms. The molecule has 6 nitrogen and oxygen atoms in total. The zero-order valence-electron chi connectivity index (χ0n) is 45.1. The third-order valence-corrected chi connectivity index (χ3v) is 15.7. The molecule has 0 atom stereocenters. The minimum Gasteiger partial charge on any atom is -0.504 e. The smallest absolute Gasteiger partial charge is 0.204 e. The molecule has 4 N–H and O–H groups in total. The molecule has 2 aliphatic rings. The summed E-state index contributed by atoms with van der Waals surface area (Å²) in [5.74, 6) is -2.40. The lowest BCUT2D eigenvalue weighted by Crippen LogP contribution is -2.26. The number of fused-ring (bicyclic) bond motifs is 7. The van der Waals surface area contributed by atoms with E-state index in [1.807, 2.05) is 42.5 Å². The molecular weight excluding hydrogens is 969 g/mol. The van der Waals surface area contributed by atoms with Gasteiger partial charge in [0.05, 0.1) is 5.41 Å². The number of nitrogens with zero attached hydrogens (tertiary/aromatic N) is 2. The van der Waals surface area contributed by atoms with Crippen molar-refractivity contribution in [3.05, 3.63) is 289 Å². The van der Waals surface area contributed by atoms with Gasteiger partial charge in [0.15, 0.2) is 11.5 Å². The molecule has 2 aliphatic carbocycles. The van der Waals surface area contributed by atoms with Gasteiger partial charge in [-0.3, -0.25) is 0 Å². The predicted molar refractivity (Wildman–Crippen MR) is 328 cm³/mol. The summed E-state index contributed by atoms with van der Waals surface area (Å²) < 4.78 is 0. The van der Waals surface area contributed by atoms with Crippen molar-refractivity contribution >= 4 is 34.0 Å². The molecule has 0 amide bonds. The maximum absolute atomic E-state index is 10.7. The molecule has 0 saturated heterocycles. The third-order valence-electron chi connectivity index (χ3n) is 15.7. The van der Waals surface area contributed by atoms with Gasteiger partial charge in [-0.2, -0.15) is 0 Å². The molecule has 0 heterocycles. The van der Waals surface area contributed by atoms with E-state index >= 15 is 0 Å². The molecule has 0 saturated carbocycles. The van der Waals surface area contributed by atoms with Gasteiger partial charge in [-0.25, -0.2) is 0 Å². The number of allylic oxidation sites excluding steroid dienone is 4. The van der Waals surface area contributed by atoms with Crippen molar-refractivity contribution in [1.29, 1.82) is 0 Å². The quantitative estimate of drug-likeness (QED) is 0.0806. The average Bonchev–Trinajstić information content (AvgIpc) is 3.01. The molecule has 0 fully saturated rings. The Morgan fingerprint density at radius 3 is 1.29 bits per heavy atom. The van der Waals surface area contributed by atoms with E-state index in [4.69, 9.17) is 0 Å². The van der Waals surface area contributed by atoms with Crippen LogP contribution in [-0.2, 0) is 10.8 Å². The Morgan fingerprint density at radius 1 is 0.405 bits per heavy atom. The number of para-hydroxylation sites is 2. The maximum atomic E-state index is 10.7. The highest BCUT2D eigenvalue weighted by Crippen LogP contribution is 2.62. The molecule has 0 aromatic heterocycles. The fourth-order valence-corrected chi connectivity index (χ4v) is 11.9. The van der Waals surface area contributed by atoms with Crippen LogP contribution in [0.15, 0.2) is 255 Å². The van der Waals surface area contributed by atoms with Crippen LogP contribution in [0.3, 0.4) is 0 Å². The molecule has 0 aliphatic heterocycles. The number of rotatable bonds is 10. The van der Waals surface area contributed by atoms with E-state index in [2.05, 4.69) is 245 Å². The van der Waals surface area contributed by atoms with Gasteiger partial charge in [-0.15, -0.1) is 0 Å². The summed E-state index contributed by atoms with van der Waals surface area (Å²) in [5, 5.41) is 41.4. The summed E-state index contributed by atoms with van der Waals surface area (Å²) in [5.41, 5.74) is 21.8. The van der Waals surface area contributed by atoms with Crippen LogP contribution in [0, 0.1) is 6.92 Å². The molecule has 10 aromatic carbocycles. The van der Waals surface area contributed by atoms with Gasteiger partial charge >= 0.3 is 0 Å². The van der Waals surface area contributed by atoms with Crippen molar-refractivity contribution in [3.63, 3.8) is 0 Å². The molecule has 12 rings (SSSR count). The molecule has 79 heavy (non-hydrogen) atoms. The zero-order chi connectivity index (χ0) is 55.2. The van der Waals surface area contributed by atoms with Crippen molar-refractivity contribution in [1.82, 2.24) is 0 Å². The van der Waals surface area contributed by atoms with E-state index in [-0.39, 0.29) is 22.0 Å². The lowest BCUT2D eigenvalue weighted by atomic mass is 9.69. The zero-order valence-corrected chi connectivity index (χ0v) is 45.1. The maximum Gasteiger partial charge on any atom is 0.204 e. The fourth-order valence-electron chi connectivity index (χ4n) is 11.9. The van der Waals surface area contributed by atoms with Crippen LogP contribution in [0.4, 0.5) is 28.4 Å². The Morgan fingerprint density at radius 2 is 0.810 bits per heavy atom. The number of benzene rings is 10. The first-order chi connectivity index (χ1) is 38.3. The van der Waals surface area contributed by atoms with Gasteiger partial charge in [-0.1, -0.05) is 204 Å². The number of hydrogen-bond donors (Lipinski definition) is 4. The van der Waals surface area contributed by atoms with Crippen molar-refractivity contribution in [2.24, 2.45) is 0 Å². The standard InChI is InChI=1S/C48H44N2O4.C25H18/c1-31-43(45(52)47(54)46(53)44(31)51)35-22-29-41(42(30-35)48(2,3)4)34-20-25-37(26-21-34)49(5)36-23-16-32(17-24-36)33-18-27-40(28-19-33)50(38-12-8-6-9-13-38)39-14-10-7-11-15-39;1-3-17-18-11-5-8-14-22(18)25(21(17)4-2)23-15-9-6-12-19(23)20-13-7-10-16-24(20)25/h6-30,51-54H,1-5H3;3-16H,1-2H2. The summed E-state index contributed by atoms with van der Waals surface area (Å²) in [6.45, 7) is 16.3. The van der Waals surface area contributed by atoms with Crippen molar-refractivity contribution in [3.8, 4) is 67.5 Å². The Bertz CT molecular complexity index is 3850. The molecule has 388 valence electrons. The summed E-state index contributed by atoms with van der Waals surface area (Å²) in [6, 6.07) is 78.6. The first kappa shape index (κ1) is 51.3. The van der Waals surface area contributed by atoms with Crippen LogP contribution >= 0.6 is 0 Å². The van der Waals surface area contributed by atoms with Crippen LogP contribution < -0.4 is 9.80 Å². The van der Waals surface area contributed by atoms with Gasteiger partial charge in [-0.05, 0) is 157 Å². The first-order valence-corrected chi connectivity index (χ1v) is 26.6. The van der Waals surface area contributed by atoms with Gasteiger partial charge < -0.3 is 30.2 Å². The first-order valence-electron chi connectivity index (χ1n) is 26.6. The molecule has 1 spiro atoms. The third kappa shape index (κ3) is 8.81. The van der Waals surface area contributed by atoms with Gasteiger partial charge in [0, 0.05) is 46.6 Å². The lowest BCUT2D eigenvalue weighted by Gasteiger charge is -2.31. The lowest BCUT2D eigenvalue weighted by molar-refractivity contribution is 0.345. The highest BCUT2D eigenvalue weighted by molar-refractivity contribution is 5.98. The largest absolute Gasteiger partial charge is 0.504 e. The van der Waals surface area contributed by atoms with E-state index in [1.165, 1.54) is 44.5 Å². The normalized spacial score (nSPS) is 12.7. The molecule has 0 radical (unpaired) electrons. The Balaban J connectivity index is 0.000000218. The monoisotopic (exact) mass is 1030 g/mol. The van der Waals surface area contributed by atoms with E-state index in [9.17, 15) is 20.4 Å². The molecule has 0 bridgehead atoms.